The fourth-order valence-corrected chi connectivity index (χ4v) is 3.71. The minimum Gasteiger partial charge on any atom is -0.477 e. The Bertz CT molecular complexity index is 582. The number of rotatable bonds is 6. The molecule has 6 nitrogen and oxygen atoms in total. The summed E-state index contributed by atoms with van der Waals surface area (Å²) in [7, 11) is 0. The summed E-state index contributed by atoms with van der Waals surface area (Å²) in [6.45, 7) is 5.40. The Kier molecular flexibility index (Phi) is 5.06. The summed E-state index contributed by atoms with van der Waals surface area (Å²) in [5, 5.41) is 3.02. The summed E-state index contributed by atoms with van der Waals surface area (Å²) in [5.74, 6) is 1.40. The van der Waals surface area contributed by atoms with E-state index in [4.69, 9.17) is 4.74 Å². The topological polar surface area (TPSA) is 57.7 Å². The van der Waals surface area contributed by atoms with Crippen molar-refractivity contribution in [2.45, 2.75) is 44.7 Å². The zero-order chi connectivity index (χ0) is 17.1. The fourth-order valence-electron chi connectivity index (χ4n) is 3.71. The van der Waals surface area contributed by atoms with Gasteiger partial charge in [0, 0.05) is 37.9 Å². The zero-order valence-corrected chi connectivity index (χ0v) is 14.8. The summed E-state index contributed by atoms with van der Waals surface area (Å²) in [4.78, 5) is 21.2. The zero-order valence-electron chi connectivity index (χ0n) is 14.8. The van der Waals surface area contributed by atoms with Crippen LogP contribution in [-0.2, 0) is 6.54 Å². The van der Waals surface area contributed by atoms with Crippen LogP contribution in [0.5, 0.6) is 5.88 Å². The van der Waals surface area contributed by atoms with Gasteiger partial charge in [0.15, 0.2) is 0 Å². The normalized spacial score (nSPS) is 23.8. The van der Waals surface area contributed by atoms with Gasteiger partial charge in [-0.2, -0.15) is 0 Å². The molecule has 6 heteroatoms. The first-order valence-electron chi connectivity index (χ1n) is 9.62. The third kappa shape index (κ3) is 4.42. The van der Waals surface area contributed by atoms with E-state index in [9.17, 15) is 4.79 Å². The first kappa shape index (κ1) is 16.6. The second-order valence-electron chi connectivity index (χ2n) is 7.55. The van der Waals surface area contributed by atoms with Crippen LogP contribution in [0, 0.1) is 5.92 Å². The molecule has 25 heavy (non-hydrogen) atoms. The predicted octanol–water partition coefficient (Wildman–Crippen LogP) is 2.25. The van der Waals surface area contributed by atoms with Gasteiger partial charge in [-0.1, -0.05) is 6.07 Å². The van der Waals surface area contributed by atoms with E-state index in [-0.39, 0.29) is 6.03 Å². The average molecular weight is 344 g/mol. The lowest BCUT2D eigenvalue weighted by Crippen LogP contribution is -2.41. The molecule has 3 heterocycles. The van der Waals surface area contributed by atoms with Crippen molar-refractivity contribution in [1.82, 2.24) is 20.1 Å². The molecule has 1 N–H and O–H groups in total. The molecule has 0 unspecified atom stereocenters. The quantitative estimate of drug-likeness (QED) is 0.860. The molecule has 1 saturated carbocycles. The summed E-state index contributed by atoms with van der Waals surface area (Å²) in [6, 6.07) is 4.46. The van der Waals surface area contributed by atoms with Crippen LogP contribution in [0.4, 0.5) is 4.79 Å². The van der Waals surface area contributed by atoms with Crippen LogP contribution in [0.25, 0.3) is 0 Å². The maximum atomic E-state index is 12.4. The highest BCUT2D eigenvalue weighted by molar-refractivity contribution is 5.74. The second kappa shape index (κ2) is 7.60. The van der Waals surface area contributed by atoms with Crippen LogP contribution in [0.1, 0.15) is 37.7 Å². The van der Waals surface area contributed by atoms with Crippen molar-refractivity contribution in [2.75, 3.05) is 32.8 Å². The number of urea groups is 1. The molecule has 3 fully saturated rings. The number of ether oxygens (including phenoxy) is 1. The molecule has 136 valence electrons. The minimum absolute atomic E-state index is 0.0377. The third-order valence-electron chi connectivity index (χ3n) is 5.51. The van der Waals surface area contributed by atoms with E-state index in [0.29, 0.717) is 18.5 Å². The minimum atomic E-state index is 0.0377. The van der Waals surface area contributed by atoms with E-state index in [1.165, 1.54) is 38.8 Å². The number of hydrogen-bond donors (Lipinski definition) is 1. The third-order valence-corrected chi connectivity index (χ3v) is 5.51. The van der Waals surface area contributed by atoms with Crippen molar-refractivity contribution in [2.24, 2.45) is 5.92 Å². The lowest BCUT2D eigenvalue weighted by molar-refractivity contribution is 0.198. The predicted molar refractivity (Wildman–Crippen MR) is 95.5 cm³/mol. The van der Waals surface area contributed by atoms with Gasteiger partial charge >= 0.3 is 6.03 Å². The lowest BCUT2D eigenvalue weighted by Gasteiger charge is -2.23. The van der Waals surface area contributed by atoms with Crippen molar-refractivity contribution >= 4 is 6.03 Å². The Balaban J connectivity index is 1.20. The molecule has 2 saturated heterocycles. The molecule has 1 atom stereocenters. The molecule has 0 spiro atoms. The highest BCUT2D eigenvalue weighted by atomic mass is 16.5. The number of aromatic nitrogens is 1. The average Bonchev–Trinajstić information content (AvgIpc) is 3.11. The van der Waals surface area contributed by atoms with Crippen molar-refractivity contribution in [3.63, 3.8) is 0 Å². The maximum Gasteiger partial charge on any atom is 0.317 e. The van der Waals surface area contributed by atoms with E-state index < -0.39 is 0 Å². The molecule has 0 bridgehead atoms. The molecule has 2 aliphatic heterocycles. The van der Waals surface area contributed by atoms with Gasteiger partial charge in [0.05, 0.1) is 6.61 Å². The van der Waals surface area contributed by atoms with Gasteiger partial charge in [0.25, 0.3) is 0 Å². The van der Waals surface area contributed by atoms with Gasteiger partial charge in [-0.25, -0.2) is 9.78 Å². The molecule has 0 radical (unpaired) electrons. The van der Waals surface area contributed by atoms with Gasteiger partial charge in [0.2, 0.25) is 5.88 Å². The number of hydrogen-bond acceptors (Lipinski definition) is 4. The number of nitrogens with zero attached hydrogens (tertiary/aromatic N) is 3. The Morgan fingerprint density at radius 3 is 2.76 bits per heavy atom. The summed E-state index contributed by atoms with van der Waals surface area (Å²) in [6.07, 6.45) is 8.05. The van der Waals surface area contributed by atoms with Crippen LogP contribution in [0.3, 0.4) is 0 Å². The van der Waals surface area contributed by atoms with Gasteiger partial charge in [0.1, 0.15) is 0 Å². The standard InChI is InChI=1S/C19H28N4O2/c24-19(23-10-7-17(13-23)22-8-1-2-9-22)21-12-16-5-6-18(20-11-16)25-14-15-3-4-15/h5-6,11,15,17H,1-4,7-10,12-14H2,(H,21,24)/t17-/m1/s1. The number of nitrogens with one attached hydrogen (secondary N) is 1. The molecule has 3 aliphatic rings. The van der Waals surface area contributed by atoms with Crippen LogP contribution in [-0.4, -0.2) is 59.6 Å². The first-order chi connectivity index (χ1) is 12.3. The smallest absolute Gasteiger partial charge is 0.317 e. The van der Waals surface area contributed by atoms with Crippen molar-refractivity contribution < 1.29 is 9.53 Å². The summed E-state index contributed by atoms with van der Waals surface area (Å²) < 4.78 is 5.64. The Hall–Kier alpha value is -1.82. The number of likely N-dealkylation sites (tertiary alicyclic amines) is 2. The molecule has 1 aromatic rings. The van der Waals surface area contributed by atoms with E-state index in [1.807, 2.05) is 17.0 Å². The van der Waals surface area contributed by atoms with Crippen molar-refractivity contribution in [3.8, 4) is 5.88 Å². The monoisotopic (exact) mass is 344 g/mol. The highest BCUT2D eigenvalue weighted by Crippen LogP contribution is 2.29. The lowest BCUT2D eigenvalue weighted by atomic mass is 10.2. The highest BCUT2D eigenvalue weighted by Gasteiger charge is 2.31. The molecule has 1 aromatic heterocycles. The molecular weight excluding hydrogens is 316 g/mol. The number of amides is 2. The van der Waals surface area contributed by atoms with E-state index >= 15 is 0 Å². The van der Waals surface area contributed by atoms with Crippen LogP contribution >= 0.6 is 0 Å². The number of carbonyl (C=O) groups is 1. The Morgan fingerprint density at radius 2 is 2.04 bits per heavy atom. The summed E-state index contributed by atoms with van der Waals surface area (Å²) in [5.41, 5.74) is 1.00. The van der Waals surface area contributed by atoms with E-state index in [0.717, 1.165) is 37.6 Å². The second-order valence-corrected chi connectivity index (χ2v) is 7.55. The summed E-state index contributed by atoms with van der Waals surface area (Å²) >= 11 is 0. The Labute approximate surface area is 149 Å². The maximum absolute atomic E-state index is 12.4. The van der Waals surface area contributed by atoms with E-state index in [2.05, 4.69) is 15.2 Å². The molecule has 4 rings (SSSR count). The van der Waals surface area contributed by atoms with Crippen LogP contribution < -0.4 is 10.1 Å². The SMILES string of the molecule is O=C(NCc1ccc(OCC2CC2)nc1)N1CC[C@@H](N2CCCC2)C1. The van der Waals surface area contributed by atoms with Gasteiger partial charge in [-0.15, -0.1) is 0 Å². The van der Waals surface area contributed by atoms with Crippen LogP contribution in [0.2, 0.25) is 0 Å². The van der Waals surface area contributed by atoms with Gasteiger partial charge < -0.3 is 15.0 Å². The van der Waals surface area contributed by atoms with Crippen molar-refractivity contribution in [1.29, 1.82) is 0 Å². The molecule has 0 aromatic carbocycles. The van der Waals surface area contributed by atoms with E-state index in [1.54, 1.807) is 6.20 Å². The molecule has 2 amide bonds. The Morgan fingerprint density at radius 1 is 1.20 bits per heavy atom. The van der Waals surface area contributed by atoms with Crippen molar-refractivity contribution in [3.05, 3.63) is 23.9 Å². The first-order valence-corrected chi connectivity index (χ1v) is 9.62. The van der Waals surface area contributed by atoms with Gasteiger partial charge in [-0.05, 0) is 56.7 Å². The molecular formula is C19H28N4O2. The fraction of sp³-hybridized carbons (Fsp3) is 0.684. The largest absolute Gasteiger partial charge is 0.477 e. The van der Waals surface area contributed by atoms with Gasteiger partial charge in [-0.3, -0.25) is 4.90 Å². The molecule has 1 aliphatic carbocycles. The number of carbonyl (C=O) groups excluding carboxylic acids is 1. The van der Waals surface area contributed by atoms with Crippen LogP contribution in [0.15, 0.2) is 18.3 Å². The number of pyridine rings is 1.